The highest BCUT2D eigenvalue weighted by atomic mass is 32.2. The van der Waals surface area contributed by atoms with E-state index >= 15 is 0 Å². The first kappa shape index (κ1) is 13.2. The molecule has 0 heterocycles. The van der Waals surface area contributed by atoms with E-state index in [2.05, 4.69) is 13.8 Å². The summed E-state index contributed by atoms with van der Waals surface area (Å²) in [5.74, 6) is 0.463. The highest BCUT2D eigenvalue weighted by Crippen LogP contribution is 2.19. The summed E-state index contributed by atoms with van der Waals surface area (Å²) in [6, 6.07) is 5.86. The maximum atomic E-state index is 11.3. The molecule has 0 atom stereocenters. The number of hydrogen-bond donors (Lipinski definition) is 1. The van der Waals surface area contributed by atoms with Crippen LogP contribution in [0.2, 0.25) is 0 Å². The lowest BCUT2D eigenvalue weighted by atomic mass is 9.98. The second kappa shape index (κ2) is 4.97. The van der Waals surface area contributed by atoms with Crippen LogP contribution in [0.15, 0.2) is 18.2 Å². The average molecular weight is 241 g/mol. The largest absolute Gasteiger partial charge is 0.326 e. The van der Waals surface area contributed by atoms with Crippen LogP contribution in [0, 0.1) is 0 Å². The Bertz CT molecular complexity index is 464. The summed E-state index contributed by atoms with van der Waals surface area (Å²) in [5, 5.41) is 0. The number of nitrogens with two attached hydrogens (primary N) is 1. The van der Waals surface area contributed by atoms with Crippen LogP contribution < -0.4 is 5.73 Å². The molecule has 90 valence electrons. The fourth-order valence-electron chi connectivity index (χ4n) is 1.63. The topological polar surface area (TPSA) is 60.2 Å². The zero-order valence-corrected chi connectivity index (χ0v) is 10.8. The van der Waals surface area contributed by atoms with E-state index in [-0.39, 0.29) is 5.75 Å². The molecule has 0 saturated carbocycles. The van der Waals surface area contributed by atoms with E-state index < -0.39 is 9.84 Å². The molecule has 3 nitrogen and oxygen atoms in total. The van der Waals surface area contributed by atoms with Gasteiger partial charge in [-0.1, -0.05) is 32.0 Å². The quantitative estimate of drug-likeness (QED) is 0.874. The van der Waals surface area contributed by atoms with Crippen molar-refractivity contribution in [2.75, 3.05) is 6.26 Å². The molecule has 0 fully saturated rings. The summed E-state index contributed by atoms with van der Waals surface area (Å²) in [6.45, 7) is 4.61. The van der Waals surface area contributed by atoms with E-state index in [4.69, 9.17) is 5.73 Å². The number of hydrogen-bond acceptors (Lipinski definition) is 3. The van der Waals surface area contributed by atoms with Crippen LogP contribution in [0.1, 0.15) is 36.5 Å². The molecule has 1 aromatic carbocycles. The van der Waals surface area contributed by atoms with E-state index in [0.29, 0.717) is 12.5 Å². The molecule has 0 unspecified atom stereocenters. The summed E-state index contributed by atoms with van der Waals surface area (Å²) in [6.07, 6.45) is 1.25. The van der Waals surface area contributed by atoms with Gasteiger partial charge in [0.15, 0.2) is 9.84 Å². The van der Waals surface area contributed by atoms with Gasteiger partial charge in [0.1, 0.15) is 0 Å². The van der Waals surface area contributed by atoms with Crippen molar-refractivity contribution in [3.63, 3.8) is 0 Å². The summed E-state index contributed by atoms with van der Waals surface area (Å²) in [4.78, 5) is 0. The minimum Gasteiger partial charge on any atom is -0.326 e. The third-order valence-corrected chi connectivity index (χ3v) is 3.26. The normalized spacial score (nSPS) is 12.1. The van der Waals surface area contributed by atoms with Gasteiger partial charge in [0.2, 0.25) is 0 Å². The SMILES string of the molecule is CC(C)c1cc(CN)cc(CS(C)(=O)=O)c1. The lowest BCUT2D eigenvalue weighted by molar-refractivity contribution is 0.601. The van der Waals surface area contributed by atoms with E-state index in [0.717, 1.165) is 16.7 Å². The van der Waals surface area contributed by atoms with Crippen LogP contribution in [-0.4, -0.2) is 14.7 Å². The first-order valence-corrected chi connectivity index (χ1v) is 7.38. The van der Waals surface area contributed by atoms with Crippen molar-refractivity contribution in [2.24, 2.45) is 5.73 Å². The summed E-state index contributed by atoms with van der Waals surface area (Å²) in [7, 11) is -2.99. The van der Waals surface area contributed by atoms with Gasteiger partial charge in [0.25, 0.3) is 0 Å². The first-order chi connectivity index (χ1) is 7.31. The highest BCUT2D eigenvalue weighted by molar-refractivity contribution is 7.89. The molecule has 1 aromatic rings. The van der Waals surface area contributed by atoms with Crippen LogP contribution in [0.5, 0.6) is 0 Å². The zero-order chi connectivity index (χ0) is 12.3. The van der Waals surface area contributed by atoms with E-state index in [1.54, 1.807) is 0 Å². The van der Waals surface area contributed by atoms with Crippen molar-refractivity contribution in [1.82, 2.24) is 0 Å². The molecule has 0 aliphatic rings. The van der Waals surface area contributed by atoms with Gasteiger partial charge < -0.3 is 5.73 Å². The second-order valence-electron chi connectivity index (χ2n) is 4.51. The minimum atomic E-state index is -2.99. The Labute approximate surface area is 97.6 Å². The minimum absolute atomic E-state index is 0.0839. The molecule has 4 heteroatoms. The Morgan fingerprint density at radius 1 is 1.19 bits per heavy atom. The Balaban J connectivity index is 3.14. The molecule has 16 heavy (non-hydrogen) atoms. The third-order valence-electron chi connectivity index (χ3n) is 2.41. The van der Waals surface area contributed by atoms with Crippen LogP contribution in [-0.2, 0) is 22.1 Å². The molecule has 0 radical (unpaired) electrons. The summed E-state index contributed by atoms with van der Waals surface area (Å²) >= 11 is 0. The van der Waals surface area contributed by atoms with Crippen molar-refractivity contribution in [3.05, 3.63) is 34.9 Å². The third kappa shape index (κ3) is 3.94. The monoisotopic (exact) mass is 241 g/mol. The standard InChI is InChI=1S/C12H19NO2S/c1-9(2)12-5-10(7-13)4-11(6-12)8-16(3,14)15/h4-6,9H,7-8,13H2,1-3H3. The van der Waals surface area contributed by atoms with Crippen molar-refractivity contribution in [1.29, 1.82) is 0 Å². The Morgan fingerprint density at radius 3 is 2.19 bits per heavy atom. The molecule has 0 bridgehead atoms. The molecule has 0 saturated heterocycles. The van der Waals surface area contributed by atoms with E-state index in [1.165, 1.54) is 6.26 Å². The lowest BCUT2D eigenvalue weighted by Crippen LogP contribution is -2.05. The molecule has 0 aromatic heterocycles. The van der Waals surface area contributed by atoms with Crippen molar-refractivity contribution >= 4 is 9.84 Å². The second-order valence-corrected chi connectivity index (χ2v) is 6.65. The van der Waals surface area contributed by atoms with Crippen LogP contribution in [0.25, 0.3) is 0 Å². The first-order valence-electron chi connectivity index (χ1n) is 5.32. The molecule has 1 rings (SSSR count). The van der Waals surface area contributed by atoms with Gasteiger partial charge in [0.05, 0.1) is 5.75 Å². The maximum Gasteiger partial charge on any atom is 0.151 e. The van der Waals surface area contributed by atoms with E-state index in [1.807, 2.05) is 18.2 Å². The summed E-state index contributed by atoms with van der Waals surface area (Å²) in [5.41, 5.74) is 8.56. The van der Waals surface area contributed by atoms with Gasteiger partial charge in [-0.15, -0.1) is 0 Å². The van der Waals surface area contributed by atoms with Crippen molar-refractivity contribution in [2.45, 2.75) is 32.1 Å². The predicted octanol–water partition coefficient (Wildman–Crippen LogP) is 1.81. The van der Waals surface area contributed by atoms with Gasteiger partial charge in [-0.3, -0.25) is 0 Å². The molecule has 0 aliphatic heterocycles. The number of rotatable bonds is 4. The fourth-order valence-corrected chi connectivity index (χ4v) is 2.40. The molecule has 0 amide bonds. The Hall–Kier alpha value is -0.870. The predicted molar refractivity (Wildman–Crippen MR) is 67.0 cm³/mol. The van der Waals surface area contributed by atoms with Gasteiger partial charge >= 0.3 is 0 Å². The molecule has 0 aliphatic carbocycles. The zero-order valence-electron chi connectivity index (χ0n) is 10.0. The Kier molecular flexibility index (Phi) is 4.10. The van der Waals surface area contributed by atoms with Crippen LogP contribution in [0.3, 0.4) is 0 Å². The van der Waals surface area contributed by atoms with Gasteiger partial charge in [0, 0.05) is 12.8 Å². The molecular weight excluding hydrogens is 222 g/mol. The van der Waals surface area contributed by atoms with Crippen LogP contribution in [0.4, 0.5) is 0 Å². The molecule has 0 spiro atoms. The number of sulfone groups is 1. The summed E-state index contributed by atoms with van der Waals surface area (Å²) < 4.78 is 22.5. The lowest BCUT2D eigenvalue weighted by Gasteiger charge is -2.10. The van der Waals surface area contributed by atoms with Gasteiger partial charge in [-0.2, -0.15) is 0 Å². The fraction of sp³-hybridized carbons (Fsp3) is 0.500. The van der Waals surface area contributed by atoms with Crippen molar-refractivity contribution in [3.8, 4) is 0 Å². The van der Waals surface area contributed by atoms with Gasteiger partial charge in [-0.25, -0.2) is 8.42 Å². The molecular formula is C12H19NO2S. The average Bonchev–Trinajstić information content (AvgIpc) is 2.14. The molecule has 2 N–H and O–H groups in total. The van der Waals surface area contributed by atoms with Crippen molar-refractivity contribution < 1.29 is 8.42 Å². The van der Waals surface area contributed by atoms with E-state index in [9.17, 15) is 8.42 Å². The number of benzene rings is 1. The highest BCUT2D eigenvalue weighted by Gasteiger charge is 2.08. The smallest absolute Gasteiger partial charge is 0.151 e. The maximum absolute atomic E-state index is 11.3. The Morgan fingerprint density at radius 2 is 1.75 bits per heavy atom. The van der Waals surface area contributed by atoms with Crippen LogP contribution >= 0.6 is 0 Å². The van der Waals surface area contributed by atoms with Gasteiger partial charge in [-0.05, 0) is 22.6 Å².